The van der Waals surface area contributed by atoms with Crippen LogP contribution in [-0.2, 0) is 30.7 Å². The van der Waals surface area contributed by atoms with Crippen molar-refractivity contribution in [3.63, 3.8) is 0 Å². The van der Waals surface area contributed by atoms with Gasteiger partial charge in [0.15, 0.2) is 0 Å². The first-order chi connectivity index (χ1) is 14.4. The van der Waals surface area contributed by atoms with Gasteiger partial charge < -0.3 is 15.2 Å². The van der Waals surface area contributed by atoms with E-state index < -0.39 is 5.41 Å². The number of nitrogens with one attached hydrogen (secondary N) is 2. The summed E-state index contributed by atoms with van der Waals surface area (Å²) in [7, 11) is 0. The fraction of sp³-hybridized carbons (Fsp3) is 0.423. The number of benzene rings is 2. The molecule has 1 aliphatic heterocycles. The summed E-state index contributed by atoms with van der Waals surface area (Å²) in [6, 6.07) is 17.0. The van der Waals surface area contributed by atoms with E-state index in [9.17, 15) is 4.79 Å². The number of carbonyl (C=O) groups excluding carboxylic acids is 1. The summed E-state index contributed by atoms with van der Waals surface area (Å²) in [5, 5.41) is 8.04. The minimum atomic E-state index is -0.395. The van der Waals surface area contributed by atoms with Gasteiger partial charge in [0.05, 0.1) is 0 Å². The molecule has 0 saturated carbocycles. The van der Waals surface area contributed by atoms with Crippen LogP contribution < -0.4 is 10.6 Å². The highest BCUT2D eigenvalue weighted by atomic mass is 35.5. The van der Waals surface area contributed by atoms with E-state index >= 15 is 0 Å². The van der Waals surface area contributed by atoms with Gasteiger partial charge in [-0.2, -0.15) is 0 Å². The second-order valence-corrected chi connectivity index (χ2v) is 9.38. The number of rotatable bonds is 6. The number of para-hydroxylation sites is 1. The third kappa shape index (κ3) is 5.86. The second-order valence-electron chi connectivity index (χ2n) is 9.38. The quantitative estimate of drug-likeness (QED) is 0.420. The van der Waals surface area contributed by atoms with Gasteiger partial charge in [0, 0.05) is 40.8 Å². The van der Waals surface area contributed by atoms with Crippen molar-refractivity contribution >= 4 is 47.3 Å². The number of amides is 1. The van der Waals surface area contributed by atoms with Gasteiger partial charge >= 0.3 is 0 Å². The van der Waals surface area contributed by atoms with Crippen LogP contribution in [0.1, 0.15) is 50.4 Å². The molecule has 0 saturated heterocycles. The Kier molecular flexibility index (Phi) is 9.20. The standard InChI is InChI=1S/C26H33N3O.2ClH/c1-26(2,3)25(30)28-20-10-8-9-19(17-20)18-27-15-14-22-21-11-4-5-12-23(21)29-16-7-6-13-24(22)29;;/h4-5,8-12,17,27H,6-7,13-16,18H2,1-3H3,(H,28,30);2*1H. The van der Waals surface area contributed by atoms with Crippen LogP contribution in [-0.4, -0.2) is 17.0 Å². The van der Waals surface area contributed by atoms with Crippen molar-refractivity contribution in [2.45, 2.75) is 59.5 Å². The molecule has 6 heteroatoms. The van der Waals surface area contributed by atoms with Gasteiger partial charge in [0.2, 0.25) is 5.91 Å². The van der Waals surface area contributed by atoms with Crippen molar-refractivity contribution < 1.29 is 4.79 Å². The first kappa shape index (κ1) is 26.2. The molecule has 174 valence electrons. The lowest BCUT2D eigenvalue weighted by Crippen LogP contribution is -2.27. The van der Waals surface area contributed by atoms with Crippen LogP contribution in [0.4, 0.5) is 5.69 Å². The minimum absolute atomic E-state index is 0. The number of halogens is 2. The normalized spacial score (nSPS) is 13.1. The van der Waals surface area contributed by atoms with Crippen molar-refractivity contribution in [1.29, 1.82) is 0 Å². The largest absolute Gasteiger partial charge is 0.344 e. The van der Waals surface area contributed by atoms with Crippen molar-refractivity contribution in [3.8, 4) is 0 Å². The Morgan fingerprint density at radius 1 is 1.03 bits per heavy atom. The summed E-state index contributed by atoms with van der Waals surface area (Å²) >= 11 is 0. The lowest BCUT2D eigenvalue weighted by atomic mass is 9.95. The molecule has 0 spiro atoms. The molecule has 2 aromatic carbocycles. The number of fused-ring (bicyclic) bond motifs is 3. The van der Waals surface area contributed by atoms with Crippen LogP contribution in [0.2, 0.25) is 0 Å². The maximum Gasteiger partial charge on any atom is 0.229 e. The Morgan fingerprint density at radius 2 is 1.81 bits per heavy atom. The zero-order valence-electron chi connectivity index (χ0n) is 19.2. The van der Waals surface area contributed by atoms with Crippen molar-refractivity contribution in [2.24, 2.45) is 5.41 Å². The van der Waals surface area contributed by atoms with Gasteiger partial charge in [-0.3, -0.25) is 4.79 Å². The van der Waals surface area contributed by atoms with Crippen molar-refractivity contribution in [3.05, 3.63) is 65.4 Å². The molecule has 0 fully saturated rings. The topological polar surface area (TPSA) is 46.1 Å². The highest BCUT2D eigenvalue weighted by molar-refractivity contribution is 5.94. The van der Waals surface area contributed by atoms with E-state index in [1.165, 1.54) is 47.0 Å². The highest BCUT2D eigenvalue weighted by Crippen LogP contribution is 2.31. The second kappa shape index (κ2) is 11.2. The zero-order chi connectivity index (χ0) is 21.1. The molecular formula is C26H35Cl2N3O. The van der Waals surface area contributed by atoms with Gasteiger partial charge in [-0.15, -0.1) is 24.8 Å². The van der Waals surface area contributed by atoms with Crippen molar-refractivity contribution in [1.82, 2.24) is 9.88 Å². The number of nitrogens with zero attached hydrogens (tertiary/aromatic N) is 1. The van der Waals surface area contributed by atoms with Crippen LogP contribution in [0.5, 0.6) is 0 Å². The number of aryl methyl sites for hydroxylation is 1. The third-order valence-electron chi connectivity index (χ3n) is 5.99. The predicted octanol–water partition coefficient (Wildman–Crippen LogP) is 6.14. The molecule has 0 unspecified atom stereocenters. The zero-order valence-corrected chi connectivity index (χ0v) is 20.9. The van der Waals surface area contributed by atoms with E-state index in [0.29, 0.717) is 0 Å². The first-order valence-corrected chi connectivity index (χ1v) is 11.1. The van der Waals surface area contributed by atoms with Gasteiger partial charge in [-0.05, 0) is 61.6 Å². The molecule has 4 rings (SSSR count). The maximum atomic E-state index is 12.2. The number of carbonyl (C=O) groups is 1. The average molecular weight is 476 g/mol. The smallest absolute Gasteiger partial charge is 0.229 e. The SMILES string of the molecule is CC(C)(C)C(=O)Nc1cccc(CNCCc2c3n(c4ccccc24)CCCC3)c1.Cl.Cl. The van der Waals surface area contributed by atoms with Gasteiger partial charge in [0.25, 0.3) is 0 Å². The van der Waals surface area contributed by atoms with E-state index in [1.54, 1.807) is 0 Å². The van der Waals surface area contributed by atoms with E-state index in [1.807, 2.05) is 32.9 Å². The molecule has 0 aliphatic carbocycles. The molecule has 2 heterocycles. The van der Waals surface area contributed by atoms with Crippen LogP contribution >= 0.6 is 24.8 Å². The lowest BCUT2D eigenvalue weighted by Gasteiger charge is -2.18. The average Bonchev–Trinajstić information content (AvgIpc) is 3.05. The maximum absolute atomic E-state index is 12.2. The number of hydrogen-bond donors (Lipinski definition) is 2. The van der Waals surface area contributed by atoms with E-state index in [4.69, 9.17) is 0 Å². The van der Waals surface area contributed by atoms with Gasteiger partial charge in [0.1, 0.15) is 0 Å². The molecule has 3 aromatic rings. The molecule has 4 nitrogen and oxygen atoms in total. The molecule has 1 amide bonds. The van der Waals surface area contributed by atoms with Crippen molar-refractivity contribution in [2.75, 3.05) is 11.9 Å². The third-order valence-corrected chi connectivity index (χ3v) is 5.99. The van der Waals surface area contributed by atoms with Crippen LogP contribution in [0.15, 0.2) is 48.5 Å². The Bertz CT molecular complexity index is 1050. The van der Waals surface area contributed by atoms with Gasteiger partial charge in [-0.1, -0.05) is 51.1 Å². The van der Waals surface area contributed by atoms with Gasteiger partial charge in [-0.25, -0.2) is 0 Å². The molecule has 2 N–H and O–H groups in total. The Morgan fingerprint density at radius 3 is 2.59 bits per heavy atom. The summed E-state index contributed by atoms with van der Waals surface area (Å²) in [6.45, 7) is 8.68. The van der Waals surface area contributed by atoms with Crippen LogP contribution in [0, 0.1) is 5.41 Å². The predicted molar refractivity (Wildman–Crippen MR) is 139 cm³/mol. The monoisotopic (exact) mass is 475 g/mol. The van der Waals surface area contributed by atoms with E-state index in [0.717, 1.165) is 31.7 Å². The molecule has 1 aromatic heterocycles. The Balaban J connectivity index is 0.00000181. The first-order valence-electron chi connectivity index (χ1n) is 11.1. The number of hydrogen-bond acceptors (Lipinski definition) is 2. The molecule has 0 atom stereocenters. The Hall–Kier alpha value is -2.01. The molecular weight excluding hydrogens is 441 g/mol. The Labute approximate surface area is 204 Å². The number of anilines is 1. The summed E-state index contributed by atoms with van der Waals surface area (Å²) < 4.78 is 2.54. The highest BCUT2D eigenvalue weighted by Gasteiger charge is 2.21. The number of aromatic nitrogens is 1. The summed E-state index contributed by atoms with van der Waals surface area (Å²) in [5.74, 6) is 0.0398. The minimum Gasteiger partial charge on any atom is -0.344 e. The lowest BCUT2D eigenvalue weighted by molar-refractivity contribution is -0.123. The molecule has 0 radical (unpaired) electrons. The fourth-order valence-corrected chi connectivity index (χ4v) is 4.33. The molecule has 0 bridgehead atoms. The van der Waals surface area contributed by atoms with Crippen LogP contribution in [0.25, 0.3) is 10.9 Å². The summed E-state index contributed by atoms with van der Waals surface area (Å²) in [4.78, 5) is 12.2. The molecule has 1 aliphatic rings. The van der Waals surface area contributed by atoms with E-state index in [-0.39, 0.29) is 30.7 Å². The van der Waals surface area contributed by atoms with Crippen LogP contribution in [0.3, 0.4) is 0 Å². The molecule has 32 heavy (non-hydrogen) atoms. The summed E-state index contributed by atoms with van der Waals surface area (Å²) in [6.07, 6.45) is 4.82. The van der Waals surface area contributed by atoms with E-state index in [2.05, 4.69) is 51.6 Å². The summed E-state index contributed by atoms with van der Waals surface area (Å²) in [5.41, 5.74) is 6.10. The fourth-order valence-electron chi connectivity index (χ4n) is 4.33.